The van der Waals surface area contributed by atoms with Crippen molar-refractivity contribution in [3.8, 4) is 0 Å². The van der Waals surface area contributed by atoms with Gasteiger partial charge in [-0.25, -0.2) is 9.78 Å². The van der Waals surface area contributed by atoms with E-state index in [0.29, 0.717) is 5.39 Å². The number of ether oxygens (including phenoxy) is 1. The van der Waals surface area contributed by atoms with Crippen LogP contribution in [0.2, 0.25) is 0 Å². The summed E-state index contributed by atoms with van der Waals surface area (Å²) < 4.78 is 5.15. The Hall–Kier alpha value is -3.21. The Bertz CT molecular complexity index is 920. The molecule has 5 nitrogen and oxygen atoms in total. The maximum absolute atomic E-state index is 12.3. The summed E-state index contributed by atoms with van der Waals surface area (Å²) in [6.07, 6.45) is 3.25. The number of rotatable bonds is 7. The average Bonchev–Trinajstić information content (AvgIpc) is 2.71. The van der Waals surface area contributed by atoms with Crippen LogP contribution in [0.3, 0.4) is 0 Å². The molecule has 0 aliphatic carbocycles. The minimum atomic E-state index is -0.598. The highest BCUT2D eigenvalue weighted by atomic mass is 16.5. The second-order valence-corrected chi connectivity index (χ2v) is 6.45. The summed E-state index contributed by atoms with van der Waals surface area (Å²) in [5.41, 5.74) is 1.45. The van der Waals surface area contributed by atoms with Gasteiger partial charge in [-0.3, -0.25) is 4.79 Å². The number of hydrogen-bond acceptors (Lipinski definition) is 4. The van der Waals surface area contributed by atoms with Crippen LogP contribution in [-0.2, 0) is 16.0 Å². The predicted molar refractivity (Wildman–Crippen MR) is 104 cm³/mol. The fourth-order valence-electron chi connectivity index (χ4n) is 2.90. The highest BCUT2D eigenvalue weighted by Gasteiger charge is 2.15. The first-order valence-electron chi connectivity index (χ1n) is 8.97. The lowest BCUT2D eigenvalue weighted by molar-refractivity contribution is -0.124. The van der Waals surface area contributed by atoms with E-state index in [-0.39, 0.29) is 24.2 Å². The van der Waals surface area contributed by atoms with Crippen LogP contribution >= 0.6 is 0 Å². The van der Waals surface area contributed by atoms with Crippen molar-refractivity contribution in [1.29, 1.82) is 0 Å². The van der Waals surface area contributed by atoms with Crippen molar-refractivity contribution in [3.05, 3.63) is 78.1 Å². The van der Waals surface area contributed by atoms with Crippen molar-refractivity contribution >= 4 is 22.6 Å². The van der Waals surface area contributed by atoms with Crippen molar-refractivity contribution < 1.29 is 14.3 Å². The van der Waals surface area contributed by atoms with E-state index in [1.54, 1.807) is 6.20 Å². The molecule has 1 N–H and O–H groups in total. The van der Waals surface area contributed by atoms with Crippen LogP contribution in [0.25, 0.3) is 10.8 Å². The molecule has 0 aliphatic rings. The van der Waals surface area contributed by atoms with E-state index >= 15 is 0 Å². The van der Waals surface area contributed by atoms with Gasteiger partial charge in [0.05, 0.1) is 0 Å². The maximum Gasteiger partial charge on any atom is 0.358 e. The van der Waals surface area contributed by atoms with Crippen LogP contribution in [0.15, 0.2) is 66.9 Å². The number of carbonyl (C=O) groups is 2. The van der Waals surface area contributed by atoms with E-state index in [1.165, 1.54) is 5.56 Å². The number of aryl methyl sites for hydroxylation is 1. The molecule has 3 rings (SSSR count). The van der Waals surface area contributed by atoms with Crippen LogP contribution in [0, 0.1) is 0 Å². The number of esters is 1. The zero-order valence-electron chi connectivity index (χ0n) is 15.2. The van der Waals surface area contributed by atoms with Crippen molar-refractivity contribution in [3.63, 3.8) is 0 Å². The number of nitrogens with one attached hydrogen (secondary N) is 1. The first kappa shape index (κ1) is 18.6. The Labute approximate surface area is 158 Å². The van der Waals surface area contributed by atoms with Crippen molar-refractivity contribution in [2.24, 2.45) is 0 Å². The summed E-state index contributed by atoms with van der Waals surface area (Å²) in [6.45, 7) is 1.62. The lowest BCUT2D eigenvalue weighted by atomic mass is 10.1. The van der Waals surface area contributed by atoms with Crippen molar-refractivity contribution in [1.82, 2.24) is 10.3 Å². The molecule has 1 heterocycles. The topological polar surface area (TPSA) is 68.3 Å². The summed E-state index contributed by atoms with van der Waals surface area (Å²) in [7, 11) is 0. The normalized spacial score (nSPS) is 11.7. The molecule has 0 saturated heterocycles. The number of amides is 1. The van der Waals surface area contributed by atoms with Crippen molar-refractivity contribution in [2.75, 3.05) is 6.61 Å². The first-order valence-corrected chi connectivity index (χ1v) is 8.97. The van der Waals surface area contributed by atoms with E-state index in [9.17, 15) is 9.59 Å². The summed E-state index contributed by atoms with van der Waals surface area (Å²) in [6, 6.07) is 19.4. The summed E-state index contributed by atoms with van der Waals surface area (Å²) in [4.78, 5) is 28.5. The van der Waals surface area contributed by atoms with E-state index in [4.69, 9.17) is 4.74 Å². The minimum absolute atomic E-state index is 0.00733. The predicted octanol–water partition coefficient (Wildman–Crippen LogP) is 3.53. The van der Waals surface area contributed by atoms with Crippen LogP contribution < -0.4 is 5.32 Å². The van der Waals surface area contributed by atoms with Crippen LogP contribution in [-0.4, -0.2) is 29.5 Å². The molecular weight excluding hydrogens is 340 g/mol. The molecule has 0 bridgehead atoms. The standard InChI is InChI=1S/C22H22N2O3/c1-16(11-12-17-7-3-2-4-8-17)24-20(25)15-27-22(26)21-19-10-6-5-9-18(19)13-14-23-21/h2-10,13-14,16H,11-12,15H2,1H3,(H,24,25). The lowest BCUT2D eigenvalue weighted by Crippen LogP contribution is -2.36. The smallest absolute Gasteiger partial charge is 0.358 e. The van der Waals surface area contributed by atoms with Gasteiger partial charge in [-0.15, -0.1) is 0 Å². The monoisotopic (exact) mass is 362 g/mol. The molecule has 1 aromatic heterocycles. The largest absolute Gasteiger partial charge is 0.451 e. The highest BCUT2D eigenvalue weighted by molar-refractivity contribution is 6.03. The van der Waals surface area contributed by atoms with Gasteiger partial charge in [0.1, 0.15) is 0 Å². The zero-order chi connectivity index (χ0) is 19.1. The van der Waals surface area contributed by atoms with Crippen molar-refractivity contribution in [2.45, 2.75) is 25.8 Å². The third-order valence-corrected chi connectivity index (χ3v) is 4.32. The van der Waals surface area contributed by atoms with Gasteiger partial charge in [0.2, 0.25) is 0 Å². The molecule has 0 fully saturated rings. The SMILES string of the molecule is CC(CCc1ccccc1)NC(=O)COC(=O)c1nccc2ccccc12. The molecule has 0 saturated carbocycles. The average molecular weight is 362 g/mol. The van der Waals surface area contributed by atoms with Gasteiger partial charge < -0.3 is 10.1 Å². The molecule has 138 valence electrons. The van der Waals surface area contributed by atoms with Crippen LogP contribution in [0.5, 0.6) is 0 Å². The fraction of sp³-hybridized carbons (Fsp3) is 0.227. The molecule has 0 radical (unpaired) electrons. The Kier molecular flexibility index (Phi) is 6.15. The Morgan fingerprint density at radius 3 is 2.59 bits per heavy atom. The van der Waals surface area contributed by atoms with Gasteiger partial charge in [0.15, 0.2) is 12.3 Å². The van der Waals surface area contributed by atoms with Gasteiger partial charge in [-0.1, -0.05) is 54.6 Å². The maximum atomic E-state index is 12.3. The summed E-state index contributed by atoms with van der Waals surface area (Å²) in [5, 5.41) is 4.47. The number of aromatic nitrogens is 1. The third-order valence-electron chi connectivity index (χ3n) is 4.32. The van der Waals surface area contributed by atoms with Crippen LogP contribution in [0.1, 0.15) is 29.4 Å². The Morgan fingerprint density at radius 2 is 1.78 bits per heavy atom. The third kappa shape index (κ3) is 5.14. The van der Waals surface area contributed by atoms with Gasteiger partial charge in [-0.2, -0.15) is 0 Å². The van der Waals surface area contributed by atoms with Gasteiger partial charge >= 0.3 is 5.97 Å². The number of carbonyl (C=O) groups excluding carboxylic acids is 2. The minimum Gasteiger partial charge on any atom is -0.451 e. The molecule has 1 atom stereocenters. The number of hydrogen-bond donors (Lipinski definition) is 1. The second-order valence-electron chi connectivity index (χ2n) is 6.45. The molecule has 1 amide bonds. The first-order chi connectivity index (χ1) is 13.1. The van der Waals surface area contributed by atoms with Gasteiger partial charge in [-0.05, 0) is 36.8 Å². The molecule has 0 spiro atoms. The summed E-state index contributed by atoms with van der Waals surface area (Å²) in [5.74, 6) is -0.914. The van der Waals surface area contributed by atoms with E-state index in [1.807, 2.05) is 55.5 Å². The number of fused-ring (bicyclic) bond motifs is 1. The zero-order valence-corrected chi connectivity index (χ0v) is 15.2. The Balaban J connectivity index is 1.49. The molecule has 5 heteroatoms. The van der Waals surface area contributed by atoms with Crippen LogP contribution in [0.4, 0.5) is 0 Å². The molecule has 2 aromatic carbocycles. The second kappa shape index (κ2) is 8.94. The molecule has 1 unspecified atom stereocenters. The molecule has 3 aromatic rings. The number of nitrogens with zero attached hydrogens (tertiary/aromatic N) is 1. The quantitative estimate of drug-likeness (QED) is 0.653. The van der Waals surface area contributed by atoms with E-state index < -0.39 is 5.97 Å². The highest BCUT2D eigenvalue weighted by Crippen LogP contribution is 2.16. The van der Waals surface area contributed by atoms with E-state index in [0.717, 1.165) is 18.2 Å². The van der Waals surface area contributed by atoms with Gasteiger partial charge in [0, 0.05) is 17.6 Å². The van der Waals surface area contributed by atoms with E-state index in [2.05, 4.69) is 22.4 Å². The molecular formula is C22H22N2O3. The molecule has 27 heavy (non-hydrogen) atoms. The number of pyridine rings is 1. The lowest BCUT2D eigenvalue weighted by Gasteiger charge is -2.14. The number of benzene rings is 2. The summed E-state index contributed by atoms with van der Waals surface area (Å²) >= 11 is 0. The Morgan fingerprint density at radius 1 is 1.04 bits per heavy atom. The fourth-order valence-corrected chi connectivity index (χ4v) is 2.90. The molecule has 0 aliphatic heterocycles. The van der Waals surface area contributed by atoms with Gasteiger partial charge in [0.25, 0.3) is 5.91 Å².